The van der Waals surface area contributed by atoms with Crippen molar-refractivity contribution >= 4 is 34.9 Å². The Morgan fingerprint density at radius 3 is 1.78 bits per heavy atom. The van der Waals surface area contributed by atoms with Crippen LogP contribution in [-0.4, -0.2) is 125 Å². The van der Waals surface area contributed by atoms with Gasteiger partial charge in [0.15, 0.2) is 0 Å². The second kappa shape index (κ2) is 19.4. The summed E-state index contributed by atoms with van der Waals surface area (Å²) >= 11 is 0. The Morgan fingerprint density at radius 2 is 1.23 bits per heavy atom. The van der Waals surface area contributed by atoms with E-state index >= 15 is 4.39 Å². The molecule has 4 amide bonds. The SMILES string of the molecule is COC(=O)NC(C(=O)N1CCCC1c1ncc(-c2ccc3nc(-c4ccc(-c5cnc(C6CCCN6C(=O)C(NC(=O)OC)C6CCOCC6)[nH]5)c(F)c4)ccc3c2)[nH]1)C1CCOCC1. The molecular formula is C47H54FN9O8. The zero-order valence-corrected chi connectivity index (χ0v) is 36.5. The van der Waals surface area contributed by atoms with E-state index in [4.69, 9.17) is 28.9 Å². The number of likely N-dealkylation sites (tertiary alicyclic amines) is 2. The van der Waals surface area contributed by atoms with Gasteiger partial charge < -0.3 is 49.3 Å². The van der Waals surface area contributed by atoms with Crippen LogP contribution < -0.4 is 10.6 Å². The molecule has 0 bridgehead atoms. The number of aromatic amines is 2. The van der Waals surface area contributed by atoms with Crippen molar-refractivity contribution < 1.29 is 42.5 Å². The van der Waals surface area contributed by atoms with E-state index in [0.717, 1.165) is 41.4 Å². The van der Waals surface area contributed by atoms with E-state index < -0.39 is 30.1 Å². The monoisotopic (exact) mass is 891 g/mol. The van der Waals surface area contributed by atoms with Gasteiger partial charge in [0.2, 0.25) is 11.8 Å². The van der Waals surface area contributed by atoms with E-state index in [1.165, 1.54) is 20.3 Å². The van der Waals surface area contributed by atoms with Gasteiger partial charge in [0.1, 0.15) is 29.5 Å². The van der Waals surface area contributed by atoms with Crippen molar-refractivity contribution in [1.29, 1.82) is 0 Å². The second-order valence-electron chi connectivity index (χ2n) is 17.2. The number of methoxy groups -OCH3 is 2. The number of carbonyl (C=O) groups is 4. The van der Waals surface area contributed by atoms with Gasteiger partial charge in [-0.05, 0) is 93.5 Å². The number of imidazole rings is 2. The van der Waals surface area contributed by atoms with Gasteiger partial charge in [-0.1, -0.05) is 18.2 Å². The van der Waals surface area contributed by atoms with E-state index in [-0.39, 0.29) is 35.7 Å². The lowest BCUT2D eigenvalue weighted by Gasteiger charge is -2.34. The fraction of sp³-hybridized carbons (Fsp3) is 0.468. The molecule has 18 heteroatoms. The lowest BCUT2D eigenvalue weighted by atomic mass is 9.90. The molecule has 4 fully saturated rings. The molecule has 0 saturated carbocycles. The van der Waals surface area contributed by atoms with Crippen LogP contribution in [-0.2, 0) is 28.5 Å². The number of pyridine rings is 1. The molecule has 9 rings (SSSR count). The molecule has 2 aromatic carbocycles. The largest absolute Gasteiger partial charge is 0.453 e. The van der Waals surface area contributed by atoms with Crippen LogP contribution in [0.2, 0.25) is 0 Å². The Hall–Kier alpha value is -6.40. The maximum Gasteiger partial charge on any atom is 0.407 e. The summed E-state index contributed by atoms with van der Waals surface area (Å²) in [6.45, 7) is 3.18. The first-order valence-electron chi connectivity index (χ1n) is 22.5. The van der Waals surface area contributed by atoms with Crippen molar-refractivity contribution in [2.24, 2.45) is 11.8 Å². The third-order valence-electron chi connectivity index (χ3n) is 13.4. The standard InChI is InChI=1S/C47H54FN9O8/c1-62-46(60)54-40(27-13-19-64-20-14-27)44(58)56-17-3-5-38(56)42-49-25-36(52-42)30-9-12-34-29(23-30)8-11-35(51-34)31-7-10-32(33(48)24-31)37-26-50-43(53-37)39-6-4-18-57(39)45(59)41(55-47(61)63-2)28-15-21-65-22-16-28/h7-12,23-28,38-41H,3-6,13-22H2,1-2H3,(H,49,52)(H,50,53)(H,54,60)(H,55,61). The van der Waals surface area contributed by atoms with Gasteiger partial charge in [-0.15, -0.1) is 0 Å². The van der Waals surface area contributed by atoms with Gasteiger partial charge in [-0.3, -0.25) is 9.59 Å². The summed E-state index contributed by atoms with van der Waals surface area (Å²) in [6.07, 6.45) is 7.69. The summed E-state index contributed by atoms with van der Waals surface area (Å²) < 4.78 is 36.7. The fourth-order valence-corrected chi connectivity index (χ4v) is 9.86. The van der Waals surface area contributed by atoms with Gasteiger partial charge in [-0.25, -0.2) is 28.9 Å². The number of nitrogens with zero attached hydrogens (tertiary/aromatic N) is 5. The number of rotatable bonds is 11. The van der Waals surface area contributed by atoms with E-state index in [0.29, 0.717) is 106 Å². The van der Waals surface area contributed by atoms with Crippen LogP contribution in [0.4, 0.5) is 14.0 Å². The van der Waals surface area contributed by atoms with E-state index in [9.17, 15) is 19.2 Å². The smallest absolute Gasteiger partial charge is 0.407 e. The quantitative estimate of drug-likeness (QED) is 0.113. The van der Waals surface area contributed by atoms with Crippen LogP contribution in [0.25, 0.3) is 44.7 Å². The first-order valence-corrected chi connectivity index (χ1v) is 22.5. The van der Waals surface area contributed by atoms with E-state index in [1.807, 2.05) is 41.3 Å². The summed E-state index contributed by atoms with van der Waals surface area (Å²) in [7, 11) is 2.57. The van der Waals surface area contributed by atoms with Gasteiger partial charge in [-0.2, -0.15) is 0 Å². The van der Waals surface area contributed by atoms with Crippen molar-refractivity contribution in [3.8, 4) is 33.8 Å². The van der Waals surface area contributed by atoms with Crippen LogP contribution in [0.15, 0.2) is 60.9 Å². The molecule has 4 unspecified atom stereocenters. The molecule has 4 aliphatic rings. The van der Waals surface area contributed by atoms with Crippen molar-refractivity contribution in [2.45, 2.75) is 75.5 Å². The van der Waals surface area contributed by atoms with Crippen LogP contribution >= 0.6 is 0 Å². The Balaban J connectivity index is 0.877. The molecule has 65 heavy (non-hydrogen) atoms. The topological polar surface area (TPSA) is 206 Å². The Labute approximate surface area is 375 Å². The summed E-state index contributed by atoms with van der Waals surface area (Å²) in [4.78, 5) is 77.1. The molecule has 17 nitrogen and oxygen atoms in total. The second-order valence-corrected chi connectivity index (χ2v) is 17.2. The van der Waals surface area contributed by atoms with Crippen LogP contribution in [0.5, 0.6) is 0 Å². The predicted molar refractivity (Wildman–Crippen MR) is 235 cm³/mol. The minimum Gasteiger partial charge on any atom is -0.453 e. The maximum atomic E-state index is 15.9. The lowest BCUT2D eigenvalue weighted by Crippen LogP contribution is -2.53. The minimum atomic E-state index is -0.753. The predicted octanol–water partition coefficient (Wildman–Crippen LogP) is 6.45. The number of halogens is 1. The molecule has 5 aromatic rings. The van der Waals surface area contributed by atoms with Gasteiger partial charge >= 0.3 is 12.2 Å². The van der Waals surface area contributed by atoms with Crippen molar-refractivity contribution in [1.82, 2.24) is 45.4 Å². The maximum absolute atomic E-state index is 15.9. The minimum absolute atomic E-state index is 0.0545. The number of aromatic nitrogens is 5. The molecule has 0 spiro atoms. The molecular weight excluding hydrogens is 838 g/mol. The van der Waals surface area contributed by atoms with Crippen LogP contribution in [0.3, 0.4) is 0 Å². The fourth-order valence-electron chi connectivity index (χ4n) is 9.86. The number of ether oxygens (including phenoxy) is 4. The third kappa shape index (κ3) is 9.27. The number of nitrogens with one attached hydrogen (secondary N) is 4. The highest BCUT2D eigenvalue weighted by molar-refractivity contribution is 5.88. The molecule has 4 N–H and O–H groups in total. The molecule has 4 saturated heterocycles. The number of benzene rings is 2. The molecule has 3 aromatic heterocycles. The van der Waals surface area contributed by atoms with Gasteiger partial charge in [0, 0.05) is 61.6 Å². The van der Waals surface area contributed by atoms with Crippen molar-refractivity contribution in [3.63, 3.8) is 0 Å². The first-order chi connectivity index (χ1) is 31.7. The molecule has 342 valence electrons. The molecule has 0 aliphatic carbocycles. The first kappa shape index (κ1) is 43.8. The third-order valence-corrected chi connectivity index (χ3v) is 13.4. The number of fused-ring (bicyclic) bond motifs is 1. The molecule has 7 heterocycles. The highest BCUT2D eigenvalue weighted by Gasteiger charge is 2.42. The Kier molecular flexibility index (Phi) is 13.1. The Morgan fingerprint density at radius 1 is 0.692 bits per heavy atom. The number of H-pyrrole nitrogens is 2. The number of hydrogen-bond donors (Lipinski definition) is 4. The van der Waals surface area contributed by atoms with E-state index in [1.54, 1.807) is 23.4 Å². The number of amides is 4. The molecule has 0 radical (unpaired) electrons. The highest BCUT2D eigenvalue weighted by Crippen LogP contribution is 2.37. The lowest BCUT2D eigenvalue weighted by molar-refractivity contribution is -0.137. The normalized spacial score (nSPS) is 20.4. The average molecular weight is 892 g/mol. The number of hydrogen-bond acceptors (Lipinski definition) is 11. The van der Waals surface area contributed by atoms with Gasteiger partial charge in [0.25, 0.3) is 0 Å². The van der Waals surface area contributed by atoms with Crippen LogP contribution in [0, 0.1) is 17.7 Å². The number of alkyl carbamates (subject to hydrolysis) is 2. The summed E-state index contributed by atoms with van der Waals surface area (Å²) in [6, 6.07) is 12.6. The average Bonchev–Trinajstić information content (AvgIpc) is 4.20. The van der Waals surface area contributed by atoms with Crippen LogP contribution in [0.1, 0.15) is 75.1 Å². The van der Waals surface area contributed by atoms with Gasteiger partial charge in [0.05, 0.1) is 61.3 Å². The molecule has 4 atom stereocenters. The Bertz CT molecular complexity index is 2540. The summed E-state index contributed by atoms with van der Waals surface area (Å²) in [5.41, 5.74) is 4.45. The van der Waals surface area contributed by atoms with Crippen molar-refractivity contribution in [2.75, 3.05) is 53.7 Å². The zero-order chi connectivity index (χ0) is 45.0. The molecule has 4 aliphatic heterocycles. The highest BCUT2D eigenvalue weighted by atomic mass is 19.1. The zero-order valence-electron chi connectivity index (χ0n) is 36.5. The summed E-state index contributed by atoms with van der Waals surface area (Å²) in [5, 5.41) is 6.45. The summed E-state index contributed by atoms with van der Waals surface area (Å²) in [5.74, 6) is 0.307. The van der Waals surface area contributed by atoms with Crippen molar-refractivity contribution in [3.05, 3.63) is 78.4 Å². The van der Waals surface area contributed by atoms with E-state index in [2.05, 4.69) is 25.6 Å². The number of carbonyl (C=O) groups excluding carboxylic acids is 4.